The molecule has 0 radical (unpaired) electrons. The Bertz CT molecular complexity index is 567. The standard InChI is InChI=1S/C14H19FN2O2S/c15-12-6-4-11(5-7-12)13-10-14(13)16-20(18,19)17-8-2-1-3-9-17/h4-7,13-14,16H,1-3,8-10H2. The molecular weight excluding hydrogens is 279 g/mol. The van der Waals surface area contributed by atoms with Crippen molar-refractivity contribution in [3.8, 4) is 0 Å². The Kier molecular flexibility index (Phi) is 3.79. The van der Waals surface area contributed by atoms with Crippen LogP contribution in [-0.2, 0) is 10.2 Å². The molecule has 2 atom stereocenters. The summed E-state index contributed by atoms with van der Waals surface area (Å²) in [4.78, 5) is 0. The Morgan fingerprint density at radius 3 is 2.40 bits per heavy atom. The second-order valence-corrected chi connectivity index (χ2v) is 7.29. The first-order valence-electron chi connectivity index (χ1n) is 7.09. The van der Waals surface area contributed by atoms with Crippen LogP contribution < -0.4 is 4.72 Å². The van der Waals surface area contributed by atoms with Crippen LogP contribution in [0.15, 0.2) is 24.3 Å². The Labute approximate surface area is 119 Å². The van der Waals surface area contributed by atoms with E-state index < -0.39 is 10.2 Å². The summed E-state index contributed by atoms with van der Waals surface area (Å²) >= 11 is 0. The molecular formula is C14H19FN2O2S. The van der Waals surface area contributed by atoms with Gasteiger partial charge >= 0.3 is 0 Å². The van der Waals surface area contributed by atoms with E-state index in [0.717, 1.165) is 31.2 Å². The highest BCUT2D eigenvalue weighted by molar-refractivity contribution is 7.87. The lowest BCUT2D eigenvalue weighted by atomic mass is 10.1. The van der Waals surface area contributed by atoms with Crippen molar-refractivity contribution in [2.45, 2.75) is 37.6 Å². The summed E-state index contributed by atoms with van der Waals surface area (Å²) in [6, 6.07) is 6.25. The number of piperidine rings is 1. The Balaban J connectivity index is 1.61. The number of hydrogen-bond acceptors (Lipinski definition) is 2. The van der Waals surface area contributed by atoms with Gasteiger partial charge in [0.1, 0.15) is 5.82 Å². The van der Waals surface area contributed by atoms with Gasteiger partial charge in [0, 0.05) is 25.0 Å². The van der Waals surface area contributed by atoms with Crippen molar-refractivity contribution < 1.29 is 12.8 Å². The van der Waals surface area contributed by atoms with Crippen LogP contribution in [0.5, 0.6) is 0 Å². The van der Waals surface area contributed by atoms with E-state index in [1.165, 1.54) is 16.4 Å². The van der Waals surface area contributed by atoms with Gasteiger partial charge < -0.3 is 0 Å². The normalized spacial score (nSPS) is 27.4. The summed E-state index contributed by atoms with van der Waals surface area (Å²) in [7, 11) is -3.36. The second-order valence-electron chi connectivity index (χ2n) is 5.58. The van der Waals surface area contributed by atoms with E-state index in [1.807, 2.05) is 0 Å². The highest BCUT2D eigenvalue weighted by atomic mass is 32.2. The van der Waals surface area contributed by atoms with Gasteiger partial charge in [0.2, 0.25) is 0 Å². The number of halogens is 1. The van der Waals surface area contributed by atoms with Crippen LogP contribution in [0.2, 0.25) is 0 Å². The van der Waals surface area contributed by atoms with Gasteiger partial charge in [-0.3, -0.25) is 0 Å². The highest BCUT2D eigenvalue weighted by Gasteiger charge is 2.42. The molecule has 1 heterocycles. The minimum absolute atomic E-state index is 0.0487. The van der Waals surface area contributed by atoms with E-state index in [-0.39, 0.29) is 17.8 Å². The molecule has 20 heavy (non-hydrogen) atoms. The van der Waals surface area contributed by atoms with Gasteiger partial charge in [-0.2, -0.15) is 17.4 Å². The summed E-state index contributed by atoms with van der Waals surface area (Å²) in [5.41, 5.74) is 0.998. The largest absolute Gasteiger partial charge is 0.279 e. The molecule has 1 saturated heterocycles. The summed E-state index contributed by atoms with van der Waals surface area (Å²) < 4.78 is 41.6. The Hall–Kier alpha value is -0.980. The van der Waals surface area contributed by atoms with Crippen molar-refractivity contribution >= 4 is 10.2 Å². The Morgan fingerprint density at radius 1 is 1.10 bits per heavy atom. The summed E-state index contributed by atoms with van der Waals surface area (Å²) in [6.07, 6.45) is 3.77. The van der Waals surface area contributed by atoms with Gasteiger partial charge in [0.25, 0.3) is 10.2 Å². The van der Waals surface area contributed by atoms with Crippen LogP contribution in [0.1, 0.15) is 37.2 Å². The summed E-state index contributed by atoms with van der Waals surface area (Å²) in [5, 5.41) is 0. The number of benzene rings is 1. The van der Waals surface area contributed by atoms with Gasteiger partial charge in [-0.05, 0) is 37.0 Å². The first-order chi connectivity index (χ1) is 9.56. The van der Waals surface area contributed by atoms with Crippen molar-refractivity contribution in [3.63, 3.8) is 0 Å². The molecule has 1 saturated carbocycles. The average Bonchev–Trinajstić information content (AvgIpc) is 3.19. The van der Waals surface area contributed by atoms with E-state index >= 15 is 0 Å². The minimum Gasteiger partial charge on any atom is -0.207 e. The zero-order valence-electron chi connectivity index (χ0n) is 11.3. The first-order valence-corrected chi connectivity index (χ1v) is 8.53. The molecule has 2 aliphatic rings. The molecule has 1 N–H and O–H groups in total. The summed E-state index contributed by atoms with van der Waals surface area (Å²) in [5.74, 6) is -0.0880. The molecule has 1 aromatic rings. The number of rotatable bonds is 4. The smallest absolute Gasteiger partial charge is 0.207 e. The lowest BCUT2D eigenvalue weighted by molar-refractivity contribution is 0.341. The third kappa shape index (κ3) is 3.02. The predicted octanol–water partition coefficient (Wildman–Crippen LogP) is 2.00. The van der Waals surface area contributed by atoms with Crippen LogP contribution in [0.25, 0.3) is 0 Å². The maximum Gasteiger partial charge on any atom is 0.279 e. The molecule has 3 rings (SSSR count). The van der Waals surface area contributed by atoms with E-state index in [2.05, 4.69) is 4.72 Å². The van der Waals surface area contributed by atoms with Crippen LogP contribution in [0.4, 0.5) is 4.39 Å². The molecule has 1 aliphatic carbocycles. The van der Waals surface area contributed by atoms with Gasteiger partial charge in [0.05, 0.1) is 0 Å². The third-order valence-electron chi connectivity index (χ3n) is 4.04. The van der Waals surface area contributed by atoms with Crippen molar-refractivity contribution in [3.05, 3.63) is 35.6 Å². The van der Waals surface area contributed by atoms with Gasteiger partial charge in [0.15, 0.2) is 0 Å². The topological polar surface area (TPSA) is 49.4 Å². The molecule has 110 valence electrons. The molecule has 2 fully saturated rings. The average molecular weight is 298 g/mol. The molecule has 4 nitrogen and oxygen atoms in total. The highest BCUT2D eigenvalue weighted by Crippen LogP contribution is 2.41. The van der Waals surface area contributed by atoms with Crippen LogP contribution in [0.3, 0.4) is 0 Å². The quantitative estimate of drug-likeness (QED) is 0.924. The molecule has 1 aliphatic heterocycles. The van der Waals surface area contributed by atoms with Crippen LogP contribution >= 0.6 is 0 Å². The van der Waals surface area contributed by atoms with E-state index in [0.29, 0.717) is 13.1 Å². The second kappa shape index (κ2) is 5.42. The molecule has 0 aromatic heterocycles. The molecule has 6 heteroatoms. The van der Waals surface area contributed by atoms with Crippen LogP contribution in [-0.4, -0.2) is 31.9 Å². The number of hydrogen-bond donors (Lipinski definition) is 1. The SMILES string of the molecule is O=S(=O)(NC1CC1c1ccc(F)cc1)N1CCCCC1. The fraction of sp³-hybridized carbons (Fsp3) is 0.571. The Morgan fingerprint density at radius 2 is 1.75 bits per heavy atom. The van der Waals surface area contributed by atoms with E-state index in [1.54, 1.807) is 12.1 Å². The molecule has 1 aromatic carbocycles. The van der Waals surface area contributed by atoms with Crippen molar-refractivity contribution in [2.75, 3.05) is 13.1 Å². The third-order valence-corrected chi connectivity index (χ3v) is 5.69. The molecule has 0 bridgehead atoms. The van der Waals surface area contributed by atoms with Crippen molar-refractivity contribution in [2.24, 2.45) is 0 Å². The molecule has 2 unspecified atom stereocenters. The fourth-order valence-electron chi connectivity index (χ4n) is 2.77. The monoisotopic (exact) mass is 298 g/mol. The zero-order valence-corrected chi connectivity index (χ0v) is 12.1. The molecule has 0 spiro atoms. The minimum atomic E-state index is -3.36. The predicted molar refractivity (Wildman–Crippen MR) is 75.0 cm³/mol. The lowest BCUT2D eigenvalue weighted by Gasteiger charge is -2.26. The van der Waals surface area contributed by atoms with Gasteiger partial charge in [-0.25, -0.2) is 4.39 Å². The number of nitrogens with zero attached hydrogens (tertiary/aromatic N) is 1. The summed E-state index contributed by atoms with van der Waals surface area (Å²) in [6.45, 7) is 1.23. The zero-order chi connectivity index (χ0) is 14.2. The van der Waals surface area contributed by atoms with E-state index in [9.17, 15) is 12.8 Å². The van der Waals surface area contributed by atoms with Crippen molar-refractivity contribution in [1.82, 2.24) is 9.03 Å². The first kappa shape index (κ1) is 14.0. The van der Waals surface area contributed by atoms with E-state index in [4.69, 9.17) is 0 Å². The fourth-order valence-corrected chi connectivity index (χ4v) is 4.31. The molecule has 0 amide bonds. The number of nitrogens with one attached hydrogen (secondary N) is 1. The van der Waals surface area contributed by atoms with Crippen LogP contribution in [0, 0.1) is 5.82 Å². The van der Waals surface area contributed by atoms with Crippen molar-refractivity contribution in [1.29, 1.82) is 0 Å². The maximum atomic E-state index is 12.9. The maximum absolute atomic E-state index is 12.9. The van der Waals surface area contributed by atoms with Gasteiger partial charge in [-0.1, -0.05) is 18.6 Å². The van der Waals surface area contributed by atoms with Gasteiger partial charge in [-0.15, -0.1) is 0 Å². The lowest BCUT2D eigenvalue weighted by Crippen LogP contribution is -2.44.